The third kappa shape index (κ3) is 4.39. The second-order valence-electron chi connectivity index (χ2n) is 9.69. The van der Waals surface area contributed by atoms with Crippen molar-refractivity contribution in [3.63, 3.8) is 0 Å². The summed E-state index contributed by atoms with van der Waals surface area (Å²) in [6.07, 6.45) is 2.11. The normalized spacial score (nSPS) is 25.7. The summed E-state index contributed by atoms with van der Waals surface area (Å²) in [5.74, 6) is 1.19. The lowest BCUT2D eigenvalue weighted by molar-refractivity contribution is -0.0981. The van der Waals surface area contributed by atoms with Gasteiger partial charge in [-0.25, -0.2) is 9.78 Å². The van der Waals surface area contributed by atoms with Gasteiger partial charge in [-0.1, -0.05) is 30.3 Å². The molecule has 2 fully saturated rings. The maximum atomic E-state index is 13.2. The number of benzene rings is 1. The second kappa shape index (κ2) is 8.62. The molecule has 2 saturated heterocycles. The number of pyridine rings is 1. The van der Waals surface area contributed by atoms with Crippen LogP contribution in [-0.2, 0) is 9.47 Å². The van der Waals surface area contributed by atoms with Crippen molar-refractivity contribution in [3.8, 4) is 5.75 Å². The molecular formula is C25H33N3O4. The van der Waals surface area contributed by atoms with Gasteiger partial charge in [0.2, 0.25) is 0 Å². The number of aromatic nitrogens is 1. The number of carbonyl (C=O) groups is 1. The summed E-state index contributed by atoms with van der Waals surface area (Å²) in [6, 6.07) is 13.5. The van der Waals surface area contributed by atoms with Gasteiger partial charge < -0.3 is 19.9 Å². The Morgan fingerprint density at radius 2 is 1.97 bits per heavy atom. The van der Waals surface area contributed by atoms with Crippen LogP contribution in [0.5, 0.6) is 5.75 Å². The number of amides is 1. The van der Waals surface area contributed by atoms with Crippen LogP contribution in [0.4, 0.5) is 10.6 Å². The summed E-state index contributed by atoms with van der Waals surface area (Å²) in [7, 11) is 1.64. The van der Waals surface area contributed by atoms with Crippen LogP contribution in [0.1, 0.15) is 63.3 Å². The summed E-state index contributed by atoms with van der Waals surface area (Å²) in [5, 5.41) is 0. The number of nitrogens with zero attached hydrogens (tertiary/aromatic N) is 2. The Morgan fingerprint density at radius 1 is 1.22 bits per heavy atom. The van der Waals surface area contributed by atoms with Crippen LogP contribution in [0.2, 0.25) is 0 Å². The molecule has 2 N–H and O–H groups in total. The van der Waals surface area contributed by atoms with Crippen molar-refractivity contribution < 1.29 is 19.0 Å². The maximum Gasteiger partial charge on any atom is 0.410 e. The van der Waals surface area contributed by atoms with Crippen LogP contribution in [0, 0.1) is 0 Å². The van der Waals surface area contributed by atoms with Crippen LogP contribution in [-0.4, -0.2) is 47.4 Å². The van der Waals surface area contributed by atoms with Gasteiger partial charge in [-0.05, 0) is 57.7 Å². The number of anilines is 1. The Labute approximate surface area is 189 Å². The Hall–Kier alpha value is -2.80. The average Bonchev–Trinajstić information content (AvgIpc) is 3.17. The number of rotatable bonds is 3. The van der Waals surface area contributed by atoms with Crippen molar-refractivity contribution in [1.82, 2.24) is 9.88 Å². The van der Waals surface area contributed by atoms with Gasteiger partial charge in [0, 0.05) is 12.5 Å². The summed E-state index contributed by atoms with van der Waals surface area (Å²) in [5.41, 5.74) is 6.74. The molecular weight excluding hydrogens is 406 g/mol. The smallest absolute Gasteiger partial charge is 0.410 e. The topological polar surface area (TPSA) is 86.9 Å². The molecule has 32 heavy (non-hydrogen) atoms. The highest BCUT2D eigenvalue weighted by molar-refractivity contribution is 5.69. The first-order valence-electron chi connectivity index (χ1n) is 11.2. The SMILES string of the molecule is COc1ccc(N)nc1[C@H]1CO[C@]2(CCCN(C(=O)OC(C)(C)C)[C@H]2c2ccccc2)C1. The van der Waals surface area contributed by atoms with E-state index in [1.807, 2.05) is 49.9 Å². The first-order valence-corrected chi connectivity index (χ1v) is 11.2. The first kappa shape index (κ1) is 22.4. The quantitative estimate of drug-likeness (QED) is 0.747. The Morgan fingerprint density at radius 3 is 2.66 bits per heavy atom. The predicted octanol–water partition coefficient (Wildman–Crippen LogP) is 4.69. The molecule has 0 saturated carbocycles. The fraction of sp³-hybridized carbons (Fsp3) is 0.520. The predicted molar refractivity (Wildman–Crippen MR) is 123 cm³/mol. The third-order valence-electron chi connectivity index (χ3n) is 6.23. The molecule has 0 aliphatic carbocycles. The monoisotopic (exact) mass is 439 g/mol. The van der Waals surface area contributed by atoms with Crippen molar-refractivity contribution in [2.75, 3.05) is 26.0 Å². The largest absolute Gasteiger partial charge is 0.495 e. The highest BCUT2D eigenvalue weighted by Gasteiger charge is 2.53. The standard InChI is InChI=1S/C25H33N3O4/c1-24(2,3)32-23(29)28-14-8-13-25(22(28)17-9-6-5-7-10-17)15-18(16-31-25)21-19(30-4)11-12-20(26)27-21/h5-7,9-12,18,22H,8,13-16H2,1-4H3,(H2,26,27)/t18-,22+,25-/m1/s1. The van der Waals surface area contributed by atoms with E-state index < -0.39 is 11.2 Å². The van der Waals surface area contributed by atoms with Crippen LogP contribution >= 0.6 is 0 Å². The molecule has 0 unspecified atom stereocenters. The number of nitrogen functional groups attached to an aromatic ring is 1. The number of carbonyl (C=O) groups excluding carboxylic acids is 1. The number of ether oxygens (including phenoxy) is 3. The summed E-state index contributed by atoms with van der Waals surface area (Å²) in [6.45, 7) is 6.80. The fourth-order valence-corrected chi connectivity index (χ4v) is 5.02. The van der Waals surface area contributed by atoms with Crippen LogP contribution in [0.15, 0.2) is 42.5 Å². The molecule has 172 valence electrons. The minimum absolute atomic E-state index is 0.0262. The van der Waals surface area contributed by atoms with Gasteiger partial charge in [0.15, 0.2) is 0 Å². The Kier molecular flexibility index (Phi) is 6.03. The Bertz CT molecular complexity index is 959. The highest BCUT2D eigenvalue weighted by atomic mass is 16.6. The van der Waals surface area contributed by atoms with Gasteiger partial charge in [-0.2, -0.15) is 0 Å². The zero-order valence-electron chi connectivity index (χ0n) is 19.3. The minimum Gasteiger partial charge on any atom is -0.495 e. The van der Waals surface area contributed by atoms with E-state index in [1.165, 1.54) is 0 Å². The van der Waals surface area contributed by atoms with Crippen molar-refractivity contribution in [2.24, 2.45) is 0 Å². The van der Waals surface area contributed by atoms with E-state index in [2.05, 4.69) is 17.1 Å². The lowest BCUT2D eigenvalue weighted by Crippen LogP contribution is -2.53. The highest BCUT2D eigenvalue weighted by Crippen LogP contribution is 2.52. The molecule has 0 radical (unpaired) electrons. The number of likely N-dealkylation sites (tertiary alicyclic amines) is 1. The molecule has 1 aromatic carbocycles. The molecule has 2 aliphatic heterocycles. The van der Waals surface area contributed by atoms with E-state index in [9.17, 15) is 4.79 Å². The van der Waals surface area contributed by atoms with Crippen LogP contribution in [0.3, 0.4) is 0 Å². The molecule has 0 bridgehead atoms. The van der Waals surface area contributed by atoms with E-state index in [0.717, 1.165) is 30.5 Å². The molecule has 1 spiro atoms. The molecule has 1 aromatic heterocycles. The Balaban J connectivity index is 1.70. The maximum absolute atomic E-state index is 13.2. The van der Waals surface area contributed by atoms with Gasteiger partial charge in [0.05, 0.1) is 31.1 Å². The summed E-state index contributed by atoms with van der Waals surface area (Å²) in [4.78, 5) is 19.6. The number of methoxy groups -OCH3 is 1. The lowest BCUT2D eigenvalue weighted by atomic mass is 9.76. The van der Waals surface area contributed by atoms with Gasteiger partial charge in [0.1, 0.15) is 17.2 Å². The van der Waals surface area contributed by atoms with Gasteiger partial charge >= 0.3 is 6.09 Å². The number of piperidine rings is 1. The lowest BCUT2D eigenvalue weighted by Gasteiger charge is -2.47. The van der Waals surface area contributed by atoms with Crippen LogP contribution < -0.4 is 10.5 Å². The molecule has 1 amide bonds. The molecule has 2 aromatic rings. The number of hydrogen-bond acceptors (Lipinski definition) is 6. The van der Waals surface area contributed by atoms with Crippen molar-refractivity contribution in [3.05, 3.63) is 53.7 Å². The van der Waals surface area contributed by atoms with Gasteiger partial charge in [-0.3, -0.25) is 4.90 Å². The molecule has 4 rings (SSSR count). The van der Waals surface area contributed by atoms with Crippen molar-refractivity contribution >= 4 is 11.9 Å². The molecule has 2 aliphatic rings. The fourth-order valence-electron chi connectivity index (χ4n) is 5.02. The zero-order valence-corrected chi connectivity index (χ0v) is 19.3. The molecule has 3 heterocycles. The van der Waals surface area contributed by atoms with E-state index >= 15 is 0 Å². The zero-order chi connectivity index (χ0) is 22.9. The summed E-state index contributed by atoms with van der Waals surface area (Å²) < 4.78 is 17.9. The molecule has 3 atom stereocenters. The third-order valence-corrected chi connectivity index (χ3v) is 6.23. The van der Waals surface area contributed by atoms with Crippen LogP contribution in [0.25, 0.3) is 0 Å². The van der Waals surface area contributed by atoms with Gasteiger partial charge in [0.25, 0.3) is 0 Å². The van der Waals surface area contributed by atoms with E-state index in [-0.39, 0.29) is 18.1 Å². The number of hydrogen-bond donors (Lipinski definition) is 1. The van der Waals surface area contributed by atoms with E-state index in [4.69, 9.17) is 19.9 Å². The molecule has 7 heteroatoms. The summed E-state index contributed by atoms with van der Waals surface area (Å²) >= 11 is 0. The average molecular weight is 440 g/mol. The van der Waals surface area contributed by atoms with Crippen molar-refractivity contribution in [2.45, 2.75) is 63.2 Å². The second-order valence-corrected chi connectivity index (χ2v) is 9.69. The van der Waals surface area contributed by atoms with Gasteiger partial charge in [-0.15, -0.1) is 0 Å². The minimum atomic E-state index is -0.569. The first-order chi connectivity index (χ1) is 15.2. The molecule has 7 nitrogen and oxygen atoms in total. The van der Waals surface area contributed by atoms with E-state index in [1.54, 1.807) is 13.2 Å². The van der Waals surface area contributed by atoms with E-state index in [0.29, 0.717) is 24.7 Å². The number of nitrogens with two attached hydrogens (primary N) is 1. The van der Waals surface area contributed by atoms with Crippen molar-refractivity contribution in [1.29, 1.82) is 0 Å².